The first-order valence-corrected chi connectivity index (χ1v) is 6.57. The number of nitrogens with two attached hydrogens (primary N) is 1. The molecule has 2 aromatic rings. The number of benzene rings is 1. The number of ether oxygens (including phenoxy) is 1. The molecule has 21 heavy (non-hydrogen) atoms. The standard InChI is InChI=1S/C15H18N4O2/c1-9(2)14-11(7-17-8-18-14)15(20)19-10-4-5-13(21-3)12(16)6-10/h4-9H,16H2,1-3H3,(H,19,20). The minimum atomic E-state index is -0.260. The molecule has 2 rings (SSSR count). The molecule has 0 spiro atoms. The fraction of sp³-hybridized carbons (Fsp3) is 0.267. The second-order valence-corrected chi connectivity index (χ2v) is 4.89. The molecule has 6 nitrogen and oxygen atoms in total. The van der Waals surface area contributed by atoms with Gasteiger partial charge in [-0.1, -0.05) is 13.8 Å². The zero-order valence-corrected chi connectivity index (χ0v) is 12.3. The number of hydrogen-bond donors (Lipinski definition) is 2. The SMILES string of the molecule is COc1ccc(NC(=O)c2cncnc2C(C)C)cc1N. The van der Waals surface area contributed by atoms with Gasteiger partial charge < -0.3 is 15.8 Å². The van der Waals surface area contributed by atoms with E-state index in [0.717, 1.165) is 0 Å². The molecule has 0 aliphatic heterocycles. The number of hydrogen-bond acceptors (Lipinski definition) is 5. The van der Waals surface area contributed by atoms with Crippen LogP contribution in [0.3, 0.4) is 0 Å². The highest BCUT2D eigenvalue weighted by molar-refractivity contribution is 6.05. The van der Waals surface area contributed by atoms with Gasteiger partial charge in [-0.15, -0.1) is 0 Å². The van der Waals surface area contributed by atoms with Gasteiger partial charge in [0, 0.05) is 11.9 Å². The molecule has 3 N–H and O–H groups in total. The summed E-state index contributed by atoms with van der Waals surface area (Å²) in [4.78, 5) is 20.4. The first kappa shape index (κ1) is 14.8. The summed E-state index contributed by atoms with van der Waals surface area (Å²) in [5.74, 6) is 0.442. The lowest BCUT2D eigenvalue weighted by Gasteiger charge is -2.12. The maximum atomic E-state index is 12.3. The van der Waals surface area contributed by atoms with Gasteiger partial charge in [-0.2, -0.15) is 0 Å². The van der Waals surface area contributed by atoms with Crippen molar-refractivity contribution >= 4 is 17.3 Å². The zero-order chi connectivity index (χ0) is 15.4. The molecular formula is C15H18N4O2. The normalized spacial score (nSPS) is 10.5. The Hall–Kier alpha value is -2.63. The summed E-state index contributed by atoms with van der Waals surface area (Å²) in [6.07, 6.45) is 2.96. The number of anilines is 2. The van der Waals surface area contributed by atoms with E-state index in [1.54, 1.807) is 25.3 Å². The number of nitrogens with zero attached hydrogens (tertiary/aromatic N) is 2. The molecule has 1 aromatic carbocycles. The van der Waals surface area contributed by atoms with Crippen LogP contribution in [-0.2, 0) is 0 Å². The van der Waals surface area contributed by atoms with E-state index in [1.807, 2.05) is 13.8 Å². The average molecular weight is 286 g/mol. The highest BCUT2D eigenvalue weighted by Gasteiger charge is 2.15. The van der Waals surface area contributed by atoms with E-state index in [1.165, 1.54) is 12.5 Å². The van der Waals surface area contributed by atoms with Gasteiger partial charge in [0.2, 0.25) is 0 Å². The van der Waals surface area contributed by atoms with Crippen LogP contribution < -0.4 is 15.8 Å². The predicted molar refractivity (Wildman–Crippen MR) is 81.5 cm³/mol. The molecule has 0 bridgehead atoms. The Morgan fingerprint density at radius 1 is 1.38 bits per heavy atom. The number of nitrogen functional groups attached to an aromatic ring is 1. The van der Waals surface area contributed by atoms with Crippen LogP contribution in [0.1, 0.15) is 35.8 Å². The Labute approximate surface area is 123 Å². The Morgan fingerprint density at radius 2 is 2.14 bits per heavy atom. The second kappa shape index (κ2) is 6.21. The van der Waals surface area contributed by atoms with Crippen LogP contribution in [0.4, 0.5) is 11.4 Å². The molecule has 110 valence electrons. The van der Waals surface area contributed by atoms with E-state index in [9.17, 15) is 4.79 Å². The third-order valence-corrected chi connectivity index (χ3v) is 3.02. The average Bonchev–Trinajstić information content (AvgIpc) is 2.47. The molecule has 1 aromatic heterocycles. The fourth-order valence-corrected chi connectivity index (χ4v) is 1.98. The molecule has 6 heteroatoms. The predicted octanol–water partition coefficient (Wildman–Crippen LogP) is 2.44. The lowest BCUT2D eigenvalue weighted by molar-refractivity contribution is 0.102. The lowest BCUT2D eigenvalue weighted by atomic mass is 10.0. The summed E-state index contributed by atoms with van der Waals surface area (Å²) in [5.41, 5.74) is 8.05. The maximum absolute atomic E-state index is 12.3. The molecule has 1 heterocycles. The Kier molecular flexibility index (Phi) is 4.37. The van der Waals surface area contributed by atoms with Crippen LogP contribution >= 0.6 is 0 Å². The molecule has 0 unspecified atom stereocenters. The van der Waals surface area contributed by atoms with Gasteiger partial charge in [0.15, 0.2) is 0 Å². The van der Waals surface area contributed by atoms with Crippen LogP contribution in [0.5, 0.6) is 5.75 Å². The van der Waals surface area contributed by atoms with Gasteiger partial charge in [0.1, 0.15) is 12.1 Å². The van der Waals surface area contributed by atoms with Crippen LogP contribution in [-0.4, -0.2) is 23.0 Å². The fourth-order valence-electron chi connectivity index (χ4n) is 1.98. The van der Waals surface area contributed by atoms with Crippen LogP contribution in [0, 0.1) is 0 Å². The van der Waals surface area contributed by atoms with E-state index in [4.69, 9.17) is 10.5 Å². The first-order valence-electron chi connectivity index (χ1n) is 6.57. The zero-order valence-electron chi connectivity index (χ0n) is 12.3. The quantitative estimate of drug-likeness (QED) is 0.842. The minimum absolute atomic E-state index is 0.134. The molecular weight excluding hydrogens is 268 g/mol. The number of methoxy groups -OCH3 is 1. The van der Waals surface area contributed by atoms with Gasteiger partial charge in [0.05, 0.1) is 24.1 Å². The summed E-state index contributed by atoms with van der Waals surface area (Å²) in [5, 5.41) is 2.79. The molecule has 0 saturated heterocycles. The Balaban J connectivity index is 2.24. The summed E-state index contributed by atoms with van der Waals surface area (Å²) in [6, 6.07) is 5.08. The number of nitrogens with one attached hydrogen (secondary N) is 1. The van der Waals surface area contributed by atoms with Crippen molar-refractivity contribution in [3.8, 4) is 5.75 Å². The molecule has 0 aliphatic carbocycles. The second-order valence-electron chi connectivity index (χ2n) is 4.89. The van der Waals surface area contributed by atoms with Crippen molar-refractivity contribution in [3.63, 3.8) is 0 Å². The van der Waals surface area contributed by atoms with Gasteiger partial charge >= 0.3 is 0 Å². The lowest BCUT2D eigenvalue weighted by Crippen LogP contribution is -2.16. The van der Waals surface area contributed by atoms with Crippen molar-refractivity contribution in [2.24, 2.45) is 0 Å². The summed E-state index contributed by atoms with van der Waals surface area (Å²) >= 11 is 0. The van der Waals surface area contributed by atoms with Gasteiger partial charge in [-0.05, 0) is 24.1 Å². The van der Waals surface area contributed by atoms with E-state index in [-0.39, 0.29) is 11.8 Å². The third-order valence-electron chi connectivity index (χ3n) is 3.02. The number of aromatic nitrogens is 2. The van der Waals surface area contributed by atoms with E-state index < -0.39 is 0 Å². The van der Waals surface area contributed by atoms with Crippen LogP contribution in [0.2, 0.25) is 0 Å². The van der Waals surface area contributed by atoms with Crippen LogP contribution in [0.25, 0.3) is 0 Å². The Bertz CT molecular complexity index is 656. The van der Waals surface area contributed by atoms with Crippen molar-refractivity contribution in [2.45, 2.75) is 19.8 Å². The van der Waals surface area contributed by atoms with Gasteiger partial charge in [-0.25, -0.2) is 9.97 Å². The highest BCUT2D eigenvalue weighted by atomic mass is 16.5. The number of rotatable bonds is 4. The molecule has 0 atom stereocenters. The van der Waals surface area contributed by atoms with Gasteiger partial charge in [-0.3, -0.25) is 4.79 Å². The summed E-state index contributed by atoms with van der Waals surface area (Å²) < 4.78 is 5.08. The highest BCUT2D eigenvalue weighted by Crippen LogP contribution is 2.25. The number of carbonyl (C=O) groups is 1. The van der Waals surface area contributed by atoms with Crippen LogP contribution in [0.15, 0.2) is 30.7 Å². The first-order chi connectivity index (χ1) is 10.0. The topological polar surface area (TPSA) is 90.1 Å². The van der Waals surface area contributed by atoms with Crippen molar-refractivity contribution in [1.82, 2.24) is 9.97 Å². The third kappa shape index (κ3) is 3.28. The largest absolute Gasteiger partial charge is 0.495 e. The molecule has 0 radical (unpaired) electrons. The number of amides is 1. The maximum Gasteiger partial charge on any atom is 0.259 e. The van der Waals surface area contributed by atoms with Gasteiger partial charge in [0.25, 0.3) is 5.91 Å². The van der Waals surface area contributed by atoms with Crippen molar-refractivity contribution < 1.29 is 9.53 Å². The summed E-state index contributed by atoms with van der Waals surface area (Å²) in [7, 11) is 1.54. The Morgan fingerprint density at radius 3 is 2.76 bits per heavy atom. The van der Waals surface area contributed by atoms with Crippen molar-refractivity contribution in [2.75, 3.05) is 18.2 Å². The minimum Gasteiger partial charge on any atom is -0.495 e. The smallest absolute Gasteiger partial charge is 0.259 e. The van der Waals surface area contributed by atoms with E-state index in [2.05, 4.69) is 15.3 Å². The summed E-state index contributed by atoms with van der Waals surface area (Å²) in [6.45, 7) is 3.95. The molecule has 0 fully saturated rings. The van der Waals surface area contributed by atoms with Crippen molar-refractivity contribution in [3.05, 3.63) is 42.0 Å². The molecule has 0 saturated carbocycles. The van der Waals surface area contributed by atoms with E-state index in [0.29, 0.717) is 28.4 Å². The molecule has 1 amide bonds. The molecule has 0 aliphatic rings. The number of carbonyl (C=O) groups excluding carboxylic acids is 1. The van der Waals surface area contributed by atoms with Crippen molar-refractivity contribution in [1.29, 1.82) is 0 Å². The van der Waals surface area contributed by atoms with E-state index >= 15 is 0 Å². The monoisotopic (exact) mass is 286 g/mol.